The Morgan fingerprint density at radius 1 is 1.38 bits per heavy atom. The minimum Gasteiger partial charge on any atom is -0.324 e. The van der Waals surface area contributed by atoms with E-state index in [1.165, 1.54) is 10.5 Å². The first-order valence-electron chi connectivity index (χ1n) is 5.09. The maximum atomic E-state index is 5.95. The highest BCUT2D eigenvalue weighted by Gasteiger charge is 2.04. The monoisotopic (exact) mass is 251 g/mol. The summed E-state index contributed by atoms with van der Waals surface area (Å²) in [5.41, 5.74) is 8.88. The second-order valence-electron chi connectivity index (χ2n) is 3.39. The standard InChI is InChI=1S/C11H13N3S2/c1-2-10(12)8-3-5-9(6-4-8)16-11-14-13-7-15-11/h3-7,10H,2,12H2,1H3. The number of hydrogen-bond acceptors (Lipinski definition) is 5. The molecule has 0 spiro atoms. The van der Waals surface area contributed by atoms with Gasteiger partial charge in [0, 0.05) is 10.9 Å². The molecule has 0 amide bonds. The van der Waals surface area contributed by atoms with E-state index in [0.29, 0.717) is 0 Å². The van der Waals surface area contributed by atoms with Gasteiger partial charge in [0.05, 0.1) is 0 Å². The van der Waals surface area contributed by atoms with Crippen LogP contribution < -0.4 is 5.73 Å². The quantitative estimate of drug-likeness (QED) is 0.907. The van der Waals surface area contributed by atoms with Gasteiger partial charge in [0.15, 0.2) is 4.34 Å². The summed E-state index contributed by atoms with van der Waals surface area (Å²) in [5, 5.41) is 7.80. The van der Waals surface area contributed by atoms with Crippen molar-refractivity contribution < 1.29 is 0 Å². The van der Waals surface area contributed by atoms with Crippen LogP contribution in [0.2, 0.25) is 0 Å². The third kappa shape index (κ3) is 2.81. The van der Waals surface area contributed by atoms with Crippen LogP contribution in [0.3, 0.4) is 0 Å². The first-order chi connectivity index (χ1) is 7.79. The number of hydrogen-bond donors (Lipinski definition) is 1. The first kappa shape index (κ1) is 11.6. The molecule has 0 aliphatic heterocycles. The lowest BCUT2D eigenvalue weighted by atomic mass is 10.1. The number of nitrogens with zero attached hydrogens (tertiary/aromatic N) is 2. The summed E-state index contributed by atoms with van der Waals surface area (Å²) in [6.07, 6.45) is 0.961. The zero-order chi connectivity index (χ0) is 11.4. The van der Waals surface area contributed by atoms with Crippen molar-refractivity contribution in [3.8, 4) is 0 Å². The van der Waals surface area contributed by atoms with E-state index in [4.69, 9.17) is 5.73 Å². The summed E-state index contributed by atoms with van der Waals surface area (Å²) >= 11 is 3.18. The molecule has 0 saturated carbocycles. The molecular weight excluding hydrogens is 238 g/mol. The van der Waals surface area contributed by atoms with Crippen LogP contribution in [0.25, 0.3) is 0 Å². The smallest absolute Gasteiger partial charge is 0.178 e. The molecule has 5 heteroatoms. The lowest BCUT2D eigenvalue weighted by molar-refractivity contribution is 0.698. The largest absolute Gasteiger partial charge is 0.324 e. The molecule has 1 heterocycles. The number of nitrogens with two attached hydrogens (primary N) is 1. The third-order valence-corrected chi connectivity index (χ3v) is 4.08. The van der Waals surface area contributed by atoms with Crippen molar-refractivity contribution >= 4 is 23.1 Å². The van der Waals surface area contributed by atoms with Crippen molar-refractivity contribution in [1.29, 1.82) is 0 Å². The lowest BCUT2D eigenvalue weighted by Gasteiger charge is -2.09. The second-order valence-corrected chi connectivity index (χ2v) is 5.54. The fourth-order valence-corrected chi connectivity index (χ4v) is 2.78. The van der Waals surface area contributed by atoms with Gasteiger partial charge in [-0.2, -0.15) is 0 Å². The Bertz CT molecular complexity index is 425. The molecule has 0 aliphatic rings. The molecule has 84 valence electrons. The fourth-order valence-electron chi connectivity index (χ4n) is 1.33. The van der Waals surface area contributed by atoms with Crippen LogP contribution >= 0.6 is 23.1 Å². The van der Waals surface area contributed by atoms with Gasteiger partial charge in [-0.15, -0.1) is 10.2 Å². The number of rotatable bonds is 4. The Morgan fingerprint density at radius 2 is 2.12 bits per heavy atom. The molecule has 16 heavy (non-hydrogen) atoms. The van der Waals surface area contributed by atoms with Gasteiger partial charge in [0.1, 0.15) is 5.51 Å². The maximum absolute atomic E-state index is 5.95. The minimum absolute atomic E-state index is 0.139. The summed E-state index contributed by atoms with van der Waals surface area (Å²) < 4.78 is 0.965. The van der Waals surface area contributed by atoms with Crippen molar-refractivity contribution in [2.24, 2.45) is 5.73 Å². The molecule has 0 fully saturated rings. The normalized spacial score (nSPS) is 12.6. The topological polar surface area (TPSA) is 51.8 Å². The van der Waals surface area contributed by atoms with Gasteiger partial charge < -0.3 is 5.73 Å². The molecular formula is C11H13N3S2. The molecule has 0 bridgehead atoms. The highest BCUT2D eigenvalue weighted by atomic mass is 32.2. The molecule has 2 aromatic rings. The zero-order valence-corrected chi connectivity index (χ0v) is 10.6. The Labute approximate surface area is 103 Å². The molecule has 1 aromatic heterocycles. The Morgan fingerprint density at radius 3 is 2.69 bits per heavy atom. The van der Waals surface area contributed by atoms with Gasteiger partial charge in [-0.25, -0.2) is 0 Å². The van der Waals surface area contributed by atoms with E-state index in [9.17, 15) is 0 Å². The van der Waals surface area contributed by atoms with Crippen LogP contribution in [0.1, 0.15) is 24.9 Å². The van der Waals surface area contributed by atoms with E-state index < -0.39 is 0 Å². The molecule has 3 nitrogen and oxygen atoms in total. The van der Waals surface area contributed by atoms with Gasteiger partial charge in [-0.05, 0) is 24.1 Å². The molecule has 2 rings (SSSR count). The first-order valence-corrected chi connectivity index (χ1v) is 6.78. The number of aromatic nitrogens is 2. The van der Waals surface area contributed by atoms with Gasteiger partial charge in [-0.1, -0.05) is 42.2 Å². The molecule has 0 aliphatic carbocycles. The predicted octanol–water partition coefficient (Wildman–Crippen LogP) is 3.10. The lowest BCUT2D eigenvalue weighted by Crippen LogP contribution is -2.07. The summed E-state index contributed by atoms with van der Waals surface area (Å²) in [5.74, 6) is 0. The third-order valence-electron chi connectivity index (χ3n) is 2.29. The summed E-state index contributed by atoms with van der Waals surface area (Å²) in [6.45, 7) is 2.09. The highest BCUT2D eigenvalue weighted by Crippen LogP contribution is 2.29. The molecule has 0 radical (unpaired) electrons. The van der Waals surface area contributed by atoms with Gasteiger partial charge in [0.2, 0.25) is 0 Å². The van der Waals surface area contributed by atoms with E-state index in [-0.39, 0.29) is 6.04 Å². The van der Waals surface area contributed by atoms with E-state index in [2.05, 4.69) is 41.4 Å². The van der Waals surface area contributed by atoms with Gasteiger partial charge in [0.25, 0.3) is 0 Å². The average molecular weight is 251 g/mol. The van der Waals surface area contributed by atoms with Crippen molar-refractivity contribution in [3.63, 3.8) is 0 Å². The van der Waals surface area contributed by atoms with E-state index in [0.717, 1.165) is 10.8 Å². The highest BCUT2D eigenvalue weighted by molar-refractivity contribution is 8.01. The van der Waals surface area contributed by atoms with E-state index >= 15 is 0 Å². The summed E-state index contributed by atoms with van der Waals surface area (Å²) in [6, 6.07) is 8.46. The van der Waals surface area contributed by atoms with Crippen LogP contribution in [0.15, 0.2) is 39.0 Å². The van der Waals surface area contributed by atoms with Crippen molar-refractivity contribution in [2.75, 3.05) is 0 Å². The molecule has 2 N–H and O–H groups in total. The Kier molecular flexibility index (Phi) is 3.93. The molecule has 0 saturated heterocycles. The summed E-state index contributed by atoms with van der Waals surface area (Å²) in [4.78, 5) is 1.17. The SMILES string of the molecule is CCC(N)c1ccc(Sc2nncs2)cc1. The van der Waals surface area contributed by atoms with Crippen LogP contribution in [-0.2, 0) is 0 Å². The van der Waals surface area contributed by atoms with Gasteiger partial charge in [-0.3, -0.25) is 0 Å². The van der Waals surface area contributed by atoms with E-state index in [1.54, 1.807) is 28.6 Å². The van der Waals surface area contributed by atoms with Gasteiger partial charge >= 0.3 is 0 Å². The maximum Gasteiger partial charge on any atom is 0.178 e. The molecule has 1 atom stereocenters. The second kappa shape index (κ2) is 5.43. The van der Waals surface area contributed by atoms with Crippen LogP contribution in [-0.4, -0.2) is 10.2 Å². The van der Waals surface area contributed by atoms with E-state index in [1.807, 2.05) is 0 Å². The Balaban J connectivity index is 2.07. The van der Waals surface area contributed by atoms with Crippen LogP contribution in [0.5, 0.6) is 0 Å². The van der Waals surface area contributed by atoms with Crippen LogP contribution in [0.4, 0.5) is 0 Å². The number of benzene rings is 1. The van der Waals surface area contributed by atoms with Crippen molar-refractivity contribution in [2.45, 2.75) is 28.6 Å². The van der Waals surface area contributed by atoms with Crippen molar-refractivity contribution in [1.82, 2.24) is 10.2 Å². The predicted molar refractivity (Wildman–Crippen MR) is 67.7 cm³/mol. The van der Waals surface area contributed by atoms with Crippen molar-refractivity contribution in [3.05, 3.63) is 35.3 Å². The van der Waals surface area contributed by atoms with Crippen LogP contribution in [0, 0.1) is 0 Å². The average Bonchev–Trinajstić information content (AvgIpc) is 2.82. The summed E-state index contributed by atoms with van der Waals surface area (Å²) in [7, 11) is 0. The fraction of sp³-hybridized carbons (Fsp3) is 0.273. The molecule has 1 aromatic carbocycles. The Hall–Kier alpha value is -0.910. The molecule has 1 unspecified atom stereocenters. The minimum atomic E-state index is 0.139. The zero-order valence-electron chi connectivity index (χ0n) is 8.96.